The Kier molecular flexibility index (Phi) is 20.6. The minimum absolute atomic E-state index is 0.335. The first kappa shape index (κ1) is 24.2. The van der Waals surface area contributed by atoms with Crippen LogP contribution in [0.5, 0.6) is 0 Å². The van der Waals surface area contributed by atoms with Crippen molar-refractivity contribution in [2.75, 3.05) is 0 Å². The number of aliphatic carboxylic acids is 1. The van der Waals surface area contributed by atoms with Crippen LogP contribution in [0.1, 0.15) is 129 Å². The van der Waals surface area contributed by atoms with E-state index in [9.17, 15) is 4.79 Å². The van der Waals surface area contributed by atoms with E-state index < -0.39 is 5.97 Å². The van der Waals surface area contributed by atoms with Crippen LogP contribution in [0, 0.1) is 0 Å². The predicted molar refractivity (Wildman–Crippen MR) is 110 cm³/mol. The minimum atomic E-state index is -0.660. The van der Waals surface area contributed by atoms with Crippen LogP contribution in [0.15, 0.2) is 12.2 Å². The molecule has 0 radical (unpaired) electrons. The molecule has 0 rings (SSSR count). The van der Waals surface area contributed by atoms with Gasteiger partial charge in [-0.2, -0.15) is 0 Å². The lowest BCUT2D eigenvalue weighted by Crippen LogP contribution is -1.93. The monoisotopic (exact) mass is 352 g/mol. The Labute approximate surface area is 157 Å². The molecule has 2 nitrogen and oxygen atoms in total. The molecule has 0 fully saturated rings. The molecule has 25 heavy (non-hydrogen) atoms. The lowest BCUT2D eigenvalue weighted by Gasteiger charge is -2.01. The molecule has 0 aliphatic heterocycles. The van der Waals surface area contributed by atoms with E-state index in [1.54, 1.807) is 0 Å². The number of allylic oxidation sites excluding steroid dienone is 2. The Bertz CT molecular complexity index is 296. The molecule has 0 aliphatic carbocycles. The average Bonchev–Trinajstić information content (AvgIpc) is 2.60. The van der Waals surface area contributed by atoms with Crippen molar-refractivity contribution >= 4 is 5.97 Å². The van der Waals surface area contributed by atoms with Crippen molar-refractivity contribution < 1.29 is 9.90 Å². The number of carbonyl (C=O) groups is 1. The predicted octanol–water partition coefficient (Wildman–Crippen LogP) is 8.06. The zero-order valence-corrected chi connectivity index (χ0v) is 16.9. The van der Waals surface area contributed by atoms with Crippen LogP contribution < -0.4 is 0 Å². The fourth-order valence-electron chi connectivity index (χ4n) is 3.23. The summed E-state index contributed by atoms with van der Waals surface area (Å²) in [6.07, 6.45) is 28.6. The number of hydrogen-bond donors (Lipinski definition) is 1. The summed E-state index contributed by atoms with van der Waals surface area (Å²) < 4.78 is 0. The molecule has 148 valence electrons. The summed E-state index contributed by atoms with van der Waals surface area (Å²) in [4.78, 5) is 10.4. The van der Waals surface area contributed by atoms with Crippen LogP contribution in [0.25, 0.3) is 0 Å². The molecule has 0 amide bonds. The summed E-state index contributed by atoms with van der Waals surface area (Å²) in [5.74, 6) is -0.660. The van der Waals surface area contributed by atoms with Crippen molar-refractivity contribution in [2.45, 2.75) is 129 Å². The zero-order chi connectivity index (χ0) is 18.4. The number of carboxylic acids is 1. The quantitative estimate of drug-likeness (QED) is 0.178. The third kappa shape index (κ3) is 23.2. The van der Waals surface area contributed by atoms with E-state index in [1.165, 1.54) is 103 Å². The summed E-state index contributed by atoms with van der Waals surface area (Å²) in [5, 5.41) is 8.56. The number of carboxylic acid groups (broad SMARTS) is 1. The largest absolute Gasteiger partial charge is 0.481 e. The Morgan fingerprint density at radius 1 is 0.600 bits per heavy atom. The fraction of sp³-hybridized carbons (Fsp3) is 0.870. The third-order valence-electron chi connectivity index (χ3n) is 4.90. The average molecular weight is 353 g/mol. The maximum absolute atomic E-state index is 10.4. The van der Waals surface area contributed by atoms with Gasteiger partial charge in [-0.15, -0.1) is 0 Å². The highest BCUT2D eigenvalue weighted by atomic mass is 16.4. The van der Waals surface area contributed by atoms with Gasteiger partial charge in [-0.3, -0.25) is 4.79 Å². The molecule has 1 N–H and O–H groups in total. The molecule has 0 spiro atoms. The van der Waals surface area contributed by atoms with Crippen molar-refractivity contribution in [3.05, 3.63) is 12.2 Å². The SMILES string of the molecule is CCCCCCCCCCCCC=CCCCCCCCCC(=O)O. The highest BCUT2D eigenvalue weighted by molar-refractivity contribution is 5.66. The van der Waals surface area contributed by atoms with E-state index in [2.05, 4.69) is 19.1 Å². The van der Waals surface area contributed by atoms with Gasteiger partial charge in [0.2, 0.25) is 0 Å². The van der Waals surface area contributed by atoms with Crippen LogP contribution in [0.4, 0.5) is 0 Å². The molecule has 0 unspecified atom stereocenters. The maximum Gasteiger partial charge on any atom is 0.303 e. The number of rotatable bonds is 20. The van der Waals surface area contributed by atoms with E-state index in [-0.39, 0.29) is 0 Å². The highest BCUT2D eigenvalue weighted by Gasteiger charge is 1.96. The Morgan fingerprint density at radius 2 is 0.960 bits per heavy atom. The topological polar surface area (TPSA) is 37.3 Å². The summed E-state index contributed by atoms with van der Waals surface area (Å²) in [6, 6.07) is 0. The van der Waals surface area contributed by atoms with Gasteiger partial charge < -0.3 is 5.11 Å². The van der Waals surface area contributed by atoms with E-state index in [0.29, 0.717) is 6.42 Å². The van der Waals surface area contributed by atoms with Crippen molar-refractivity contribution in [3.8, 4) is 0 Å². The summed E-state index contributed by atoms with van der Waals surface area (Å²) in [6.45, 7) is 2.28. The zero-order valence-electron chi connectivity index (χ0n) is 16.9. The van der Waals surface area contributed by atoms with Gasteiger partial charge in [0.05, 0.1) is 0 Å². The molecule has 0 heterocycles. The third-order valence-corrected chi connectivity index (χ3v) is 4.90. The van der Waals surface area contributed by atoms with Gasteiger partial charge in [-0.05, 0) is 32.1 Å². The Morgan fingerprint density at radius 3 is 1.36 bits per heavy atom. The molecule has 0 aliphatic rings. The second-order valence-electron chi connectivity index (χ2n) is 7.50. The first-order chi connectivity index (χ1) is 12.3. The fourth-order valence-corrected chi connectivity index (χ4v) is 3.23. The van der Waals surface area contributed by atoms with Crippen LogP contribution in [-0.2, 0) is 4.79 Å². The number of unbranched alkanes of at least 4 members (excludes halogenated alkanes) is 16. The van der Waals surface area contributed by atoms with Crippen molar-refractivity contribution in [2.24, 2.45) is 0 Å². The first-order valence-electron chi connectivity index (χ1n) is 11.1. The molecule has 0 aromatic rings. The van der Waals surface area contributed by atoms with Gasteiger partial charge >= 0.3 is 5.97 Å². The van der Waals surface area contributed by atoms with Gasteiger partial charge in [-0.1, -0.05) is 103 Å². The molecule has 0 atom stereocenters. The van der Waals surface area contributed by atoms with Gasteiger partial charge in [-0.25, -0.2) is 0 Å². The van der Waals surface area contributed by atoms with Gasteiger partial charge in [0.1, 0.15) is 0 Å². The minimum Gasteiger partial charge on any atom is -0.481 e. The van der Waals surface area contributed by atoms with E-state index >= 15 is 0 Å². The van der Waals surface area contributed by atoms with Gasteiger partial charge in [0.15, 0.2) is 0 Å². The smallest absolute Gasteiger partial charge is 0.303 e. The van der Waals surface area contributed by atoms with E-state index in [4.69, 9.17) is 5.11 Å². The Balaban J connectivity index is 3.07. The van der Waals surface area contributed by atoms with Gasteiger partial charge in [0, 0.05) is 6.42 Å². The molecule has 0 saturated heterocycles. The summed E-state index contributed by atoms with van der Waals surface area (Å²) >= 11 is 0. The molecule has 0 aromatic heterocycles. The van der Waals surface area contributed by atoms with Crippen molar-refractivity contribution in [1.29, 1.82) is 0 Å². The van der Waals surface area contributed by atoms with Crippen LogP contribution in [0.2, 0.25) is 0 Å². The van der Waals surface area contributed by atoms with Crippen molar-refractivity contribution in [3.63, 3.8) is 0 Å². The Hall–Kier alpha value is -0.790. The molecular weight excluding hydrogens is 308 g/mol. The maximum atomic E-state index is 10.4. The second kappa shape index (κ2) is 21.3. The molecular formula is C23H44O2. The standard InChI is InChI=1S/C23H44O2/c1-2-3-4-5-6-7-8-9-10-11-12-13-14-15-16-17-18-19-20-21-22-23(24)25/h13-14H,2-12,15-22H2,1H3,(H,24,25). The van der Waals surface area contributed by atoms with E-state index in [0.717, 1.165) is 12.8 Å². The molecule has 0 saturated carbocycles. The second-order valence-corrected chi connectivity index (χ2v) is 7.50. The van der Waals surface area contributed by atoms with Gasteiger partial charge in [0.25, 0.3) is 0 Å². The van der Waals surface area contributed by atoms with Crippen LogP contribution >= 0.6 is 0 Å². The van der Waals surface area contributed by atoms with Crippen molar-refractivity contribution in [1.82, 2.24) is 0 Å². The summed E-state index contributed by atoms with van der Waals surface area (Å²) in [7, 11) is 0. The normalized spacial score (nSPS) is 11.4. The molecule has 0 bridgehead atoms. The van der Waals surface area contributed by atoms with Crippen LogP contribution in [0.3, 0.4) is 0 Å². The number of hydrogen-bond acceptors (Lipinski definition) is 1. The first-order valence-corrected chi connectivity index (χ1v) is 11.1. The lowest BCUT2D eigenvalue weighted by molar-refractivity contribution is -0.137. The molecule has 2 heteroatoms. The summed E-state index contributed by atoms with van der Waals surface area (Å²) in [5.41, 5.74) is 0. The van der Waals surface area contributed by atoms with E-state index in [1.807, 2.05) is 0 Å². The van der Waals surface area contributed by atoms with Crippen LogP contribution in [-0.4, -0.2) is 11.1 Å². The lowest BCUT2D eigenvalue weighted by atomic mass is 10.1. The molecule has 0 aromatic carbocycles. The highest BCUT2D eigenvalue weighted by Crippen LogP contribution is 2.12.